The van der Waals surface area contributed by atoms with Gasteiger partial charge in [0.2, 0.25) is 0 Å². The lowest BCUT2D eigenvalue weighted by Crippen LogP contribution is -2.29. The summed E-state index contributed by atoms with van der Waals surface area (Å²) in [7, 11) is 2.18. The standard InChI is InChI=1S/C13H20N2.2ClH/c1-15(10-9-14-13-7-8-13)11-12-5-3-2-4-6-12;;/h2-6,13-14H,7-11H2,1H3;2*1H. The van der Waals surface area contributed by atoms with Crippen molar-refractivity contribution < 1.29 is 0 Å². The number of nitrogens with one attached hydrogen (secondary N) is 1. The summed E-state index contributed by atoms with van der Waals surface area (Å²) in [5, 5.41) is 3.53. The summed E-state index contributed by atoms with van der Waals surface area (Å²) in [6.45, 7) is 3.30. The van der Waals surface area contributed by atoms with Crippen LogP contribution < -0.4 is 5.32 Å². The Balaban J connectivity index is 0.00000128. The van der Waals surface area contributed by atoms with Gasteiger partial charge in [-0.25, -0.2) is 0 Å². The Morgan fingerprint density at radius 1 is 1.18 bits per heavy atom. The Labute approximate surface area is 117 Å². The predicted molar refractivity (Wildman–Crippen MR) is 78.3 cm³/mol. The molecule has 98 valence electrons. The van der Waals surface area contributed by atoms with Crippen molar-refractivity contribution in [2.24, 2.45) is 0 Å². The largest absolute Gasteiger partial charge is 0.313 e. The van der Waals surface area contributed by atoms with E-state index >= 15 is 0 Å². The van der Waals surface area contributed by atoms with Crippen molar-refractivity contribution in [1.82, 2.24) is 10.2 Å². The Bertz CT molecular complexity index is 289. The van der Waals surface area contributed by atoms with Crippen molar-refractivity contribution in [2.75, 3.05) is 20.1 Å². The van der Waals surface area contributed by atoms with Crippen molar-refractivity contribution in [2.45, 2.75) is 25.4 Å². The topological polar surface area (TPSA) is 15.3 Å². The van der Waals surface area contributed by atoms with Crippen molar-refractivity contribution >= 4 is 24.8 Å². The van der Waals surface area contributed by atoms with Crippen LogP contribution in [0.3, 0.4) is 0 Å². The van der Waals surface area contributed by atoms with Gasteiger partial charge in [-0.1, -0.05) is 30.3 Å². The highest BCUT2D eigenvalue weighted by Gasteiger charge is 2.19. The van der Waals surface area contributed by atoms with E-state index in [0.717, 1.165) is 25.7 Å². The van der Waals surface area contributed by atoms with Crippen molar-refractivity contribution in [3.05, 3.63) is 35.9 Å². The van der Waals surface area contributed by atoms with E-state index in [2.05, 4.69) is 47.6 Å². The van der Waals surface area contributed by atoms with Crippen molar-refractivity contribution in [3.63, 3.8) is 0 Å². The number of benzene rings is 1. The van der Waals surface area contributed by atoms with Gasteiger partial charge < -0.3 is 10.2 Å². The third-order valence-electron chi connectivity index (χ3n) is 2.80. The summed E-state index contributed by atoms with van der Waals surface area (Å²) in [6.07, 6.45) is 2.75. The zero-order chi connectivity index (χ0) is 10.5. The van der Waals surface area contributed by atoms with E-state index in [-0.39, 0.29) is 24.8 Å². The normalized spacial score (nSPS) is 14.0. The molecule has 0 atom stereocenters. The van der Waals surface area contributed by atoms with Crippen LogP contribution in [0, 0.1) is 0 Å². The minimum Gasteiger partial charge on any atom is -0.313 e. The van der Waals surface area contributed by atoms with Gasteiger partial charge in [-0.3, -0.25) is 0 Å². The highest BCUT2D eigenvalue weighted by molar-refractivity contribution is 5.85. The number of hydrogen-bond donors (Lipinski definition) is 1. The van der Waals surface area contributed by atoms with Gasteiger partial charge in [0.25, 0.3) is 0 Å². The third kappa shape index (κ3) is 6.89. The molecule has 0 aliphatic heterocycles. The molecule has 0 amide bonds. The maximum atomic E-state index is 3.53. The Kier molecular flexibility index (Phi) is 8.61. The molecule has 1 aromatic carbocycles. The zero-order valence-corrected chi connectivity index (χ0v) is 11.9. The molecular formula is C13H22Cl2N2. The number of rotatable bonds is 6. The van der Waals surface area contributed by atoms with E-state index < -0.39 is 0 Å². The van der Waals surface area contributed by atoms with E-state index in [0.29, 0.717) is 0 Å². The van der Waals surface area contributed by atoms with Crippen molar-refractivity contribution in [1.29, 1.82) is 0 Å². The first-order chi connectivity index (χ1) is 7.34. The summed E-state index contributed by atoms with van der Waals surface area (Å²) >= 11 is 0. The van der Waals surface area contributed by atoms with Crippen LogP contribution in [0.5, 0.6) is 0 Å². The second kappa shape index (κ2) is 8.76. The van der Waals surface area contributed by atoms with Crippen LogP contribution in [0.25, 0.3) is 0 Å². The van der Waals surface area contributed by atoms with Crippen LogP contribution >= 0.6 is 24.8 Å². The first kappa shape index (κ1) is 16.7. The smallest absolute Gasteiger partial charge is 0.0231 e. The summed E-state index contributed by atoms with van der Waals surface area (Å²) < 4.78 is 0. The molecule has 0 saturated heterocycles. The second-order valence-electron chi connectivity index (χ2n) is 4.45. The van der Waals surface area contributed by atoms with Gasteiger partial charge in [-0.05, 0) is 25.5 Å². The van der Waals surface area contributed by atoms with Crippen LogP contribution in [0.15, 0.2) is 30.3 Å². The van der Waals surface area contributed by atoms with Crippen LogP contribution in [-0.2, 0) is 6.54 Å². The number of likely N-dealkylation sites (N-methyl/N-ethyl adjacent to an activating group) is 1. The zero-order valence-electron chi connectivity index (χ0n) is 10.3. The fourth-order valence-corrected chi connectivity index (χ4v) is 1.72. The lowest BCUT2D eigenvalue weighted by Gasteiger charge is -2.16. The molecule has 1 fully saturated rings. The quantitative estimate of drug-likeness (QED) is 0.860. The van der Waals surface area contributed by atoms with Gasteiger partial charge in [0.05, 0.1) is 0 Å². The van der Waals surface area contributed by atoms with Crippen molar-refractivity contribution in [3.8, 4) is 0 Å². The minimum atomic E-state index is 0. The molecule has 0 aromatic heterocycles. The number of nitrogens with zero attached hydrogens (tertiary/aromatic N) is 1. The van der Waals surface area contributed by atoms with Gasteiger partial charge in [0.1, 0.15) is 0 Å². The first-order valence-electron chi connectivity index (χ1n) is 5.80. The van der Waals surface area contributed by atoms with Gasteiger partial charge in [-0.2, -0.15) is 0 Å². The number of halogens is 2. The Morgan fingerprint density at radius 3 is 2.41 bits per heavy atom. The van der Waals surface area contributed by atoms with E-state index in [4.69, 9.17) is 0 Å². The highest BCUT2D eigenvalue weighted by Crippen LogP contribution is 2.17. The maximum Gasteiger partial charge on any atom is 0.0231 e. The molecule has 1 aliphatic rings. The summed E-state index contributed by atoms with van der Waals surface area (Å²) in [5.41, 5.74) is 1.39. The molecule has 2 nitrogen and oxygen atoms in total. The molecular weight excluding hydrogens is 255 g/mol. The molecule has 0 radical (unpaired) electrons. The molecule has 17 heavy (non-hydrogen) atoms. The highest BCUT2D eigenvalue weighted by atomic mass is 35.5. The monoisotopic (exact) mass is 276 g/mol. The first-order valence-corrected chi connectivity index (χ1v) is 5.80. The molecule has 1 N–H and O–H groups in total. The summed E-state index contributed by atoms with van der Waals surface area (Å²) in [5.74, 6) is 0. The molecule has 1 aliphatic carbocycles. The lowest BCUT2D eigenvalue weighted by molar-refractivity contribution is 0.324. The van der Waals surface area contributed by atoms with Gasteiger partial charge in [0.15, 0.2) is 0 Å². The van der Waals surface area contributed by atoms with E-state index in [9.17, 15) is 0 Å². The molecule has 4 heteroatoms. The number of hydrogen-bond acceptors (Lipinski definition) is 2. The molecule has 0 spiro atoms. The molecule has 1 aromatic rings. The predicted octanol–water partition coefficient (Wildman–Crippen LogP) is 2.71. The molecule has 0 unspecified atom stereocenters. The van der Waals surface area contributed by atoms with Gasteiger partial charge >= 0.3 is 0 Å². The average molecular weight is 277 g/mol. The lowest BCUT2D eigenvalue weighted by atomic mass is 10.2. The molecule has 0 bridgehead atoms. The van der Waals surface area contributed by atoms with E-state index in [1.165, 1.54) is 18.4 Å². The van der Waals surface area contributed by atoms with Gasteiger partial charge in [-0.15, -0.1) is 24.8 Å². The fraction of sp³-hybridized carbons (Fsp3) is 0.538. The minimum absolute atomic E-state index is 0. The van der Waals surface area contributed by atoms with Crippen LogP contribution in [0.4, 0.5) is 0 Å². The Hall–Kier alpha value is -0.280. The second-order valence-corrected chi connectivity index (χ2v) is 4.45. The van der Waals surface area contributed by atoms with Crippen LogP contribution in [0.2, 0.25) is 0 Å². The van der Waals surface area contributed by atoms with Crippen LogP contribution in [0.1, 0.15) is 18.4 Å². The van der Waals surface area contributed by atoms with E-state index in [1.807, 2.05) is 0 Å². The maximum absolute atomic E-state index is 3.53. The SMILES string of the molecule is CN(CCNC1CC1)Cc1ccccc1.Cl.Cl. The average Bonchev–Trinajstić information content (AvgIpc) is 3.03. The molecule has 1 saturated carbocycles. The molecule has 2 rings (SSSR count). The fourth-order valence-electron chi connectivity index (χ4n) is 1.72. The molecule has 0 heterocycles. The van der Waals surface area contributed by atoms with Crippen LogP contribution in [-0.4, -0.2) is 31.1 Å². The Morgan fingerprint density at radius 2 is 1.82 bits per heavy atom. The van der Waals surface area contributed by atoms with E-state index in [1.54, 1.807) is 0 Å². The summed E-state index contributed by atoms with van der Waals surface area (Å²) in [6, 6.07) is 11.5. The summed E-state index contributed by atoms with van der Waals surface area (Å²) in [4.78, 5) is 2.37. The van der Waals surface area contributed by atoms with Gasteiger partial charge in [0, 0.05) is 25.7 Å². The third-order valence-corrected chi connectivity index (χ3v) is 2.80.